The Morgan fingerprint density at radius 3 is 2.96 bits per heavy atom. The predicted octanol–water partition coefficient (Wildman–Crippen LogP) is 2.20. The van der Waals surface area contributed by atoms with Gasteiger partial charge in [0.15, 0.2) is 5.96 Å². The average molecular weight is 358 g/mol. The van der Waals surface area contributed by atoms with E-state index in [1.54, 1.807) is 13.3 Å². The molecule has 1 aromatic carbocycles. The van der Waals surface area contributed by atoms with E-state index in [4.69, 9.17) is 13.9 Å². The van der Waals surface area contributed by atoms with Gasteiger partial charge in [0.1, 0.15) is 6.26 Å². The first-order valence-electron chi connectivity index (χ1n) is 8.91. The van der Waals surface area contributed by atoms with Crippen molar-refractivity contribution in [2.75, 3.05) is 26.9 Å². The summed E-state index contributed by atoms with van der Waals surface area (Å²) >= 11 is 0. The number of aromatic nitrogens is 1. The molecule has 7 nitrogen and oxygen atoms in total. The second-order valence-corrected chi connectivity index (χ2v) is 6.30. The van der Waals surface area contributed by atoms with Gasteiger partial charge in [-0.3, -0.25) is 4.99 Å². The molecule has 0 saturated carbocycles. The summed E-state index contributed by atoms with van der Waals surface area (Å²) in [5.41, 5.74) is 1.78. The van der Waals surface area contributed by atoms with Gasteiger partial charge in [0, 0.05) is 25.3 Å². The maximum absolute atomic E-state index is 5.83. The van der Waals surface area contributed by atoms with Gasteiger partial charge in [0.05, 0.1) is 31.6 Å². The van der Waals surface area contributed by atoms with Crippen LogP contribution in [-0.4, -0.2) is 50.0 Å². The zero-order valence-corrected chi connectivity index (χ0v) is 15.3. The van der Waals surface area contributed by atoms with E-state index in [1.807, 2.05) is 30.3 Å². The summed E-state index contributed by atoms with van der Waals surface area (Å²) in [6.45, 7) is 4.68. The number of nitrogens with one attached hydrogen (secondary N) is 2. The van der Waals surface area contributed by atoms with Crippen molar-refractivity contribution in [3.8, 4) is 11.5 Å². The lowest BCUT2D eigenvalue weighted by atomic mass is 10.2. The van der Waals surface area contributed by atoms with Crippen molar-refractivity contribution in [2.24, 2.45) is 4.99 Å². The Bertz CT molecular complexity index is 696. The van der Waals surface area contributed by atoms with Gasteiger partial charge >= 0.3 is 0 Å². The standard InChI is InChI=1S/C19H26N4O3/c1-14(11-25-17-8-9-24-13-17)22-19(20-2)21-10-16-12-26-18(23-16)15-6-4-3-5-7-15/h3-7,12,14,17H,8-11,13H2,1-2H3,(H2,20,21,22). The van der Waals surface area contributed by atoms with Crippen LogP contribution < -0.4 is 10.6 Å². The maximum atomic E-state index is 5.83. The van der Waals surface area contributed by atoms with Crippen molar-refractivity contribution in [1.29, 1.82) is 0 Å². The molecule has 1 fully saturated rings. The number of benzene rings is 1. The Labute approximate surface area is 153 Å². The first-order valence-corrected chi connectivity index (χ1v) is 8.91. The fourth-order valence-corrected chi connectivity index (χ4v) is 2.67. The molecule has 0 aliphatic carbocycles. The number of rotatable bonds is 7. The van der Waals surface area contributed by atoms with Crippen LogP contribution in [0.4, 0.5) is 0 Å². The topological polar surface area (TPSA) is 80.9 Å². The third-order valence-corrected chi connectivity index (χ3v) is 4.09. The van der Waals surface area contributed by atoms with Crippen LogP contribution in [0, 0.1) is 0 Å². The number of guanidine groups is 1. The van der Waals surface area contributed by atoms with Gasteiger partial charge in [-0.05, 0) is 25.5 Å². The maximum Gasteiger partial charge on any atom is 0.226 e. The van der Waals surface area contributed by atoms with E-state index in [-0.39, 0.29) is 12.1 Å². The molecule has 2 aromatic rings. The molecule has 26 heavy (non-hydrogen) atoms. The molecule has 2 unspecified atom stereocenters. The van der Waals surface area contributed by atoms with E-state index in [9.17, 15) is 0 Å². The second kappa shape index (κ2) is 9.35. The smallest absolute Gasteiger partial charge is 0.226 e. The molecule has 3 rings (SSSR count). The summed E-state index contributed by atoms with van der Waals surface area (Å²) in [6, 6.07) is 9.98. The van der Waals surface area contributed by atoms with Crippen molar-refractivity contribution < 1.29 is 13.9 Å². The highest BCUT2D eigenvalue weighted by Gasteiger charge is 2.17. The Morgan fingerprint density at radius 2 is 2.23 bits per heavy atom. The quantitative estimate of drug-likeness (QED) is 0.583. The van der Waals surface area contributed by atoms with Gasteiger partial charge < -0.3 is 24.5 Å². The number of ether oxygens (including phenoxy) is 2. The molecular formula is C19H26N4O3. The Morgan fingerprint density at radius 1 is 1.38 bits per heavy atom. The third kappa shape index (κ3) is 5.31. The molecule has 2 atom stereocenters. The number of oxazole rings is 1. The van der Waals surface area contributed by atoms with Crippen LogP contribution in [0.1, 0.15) is 19.0 Å². The molecule has 1 aromatic heterocycles. The highest BCUT2D eigenvalue weighted by Crippen LogP contribution is 2.17. The molecule has 0 amide bonds. The van der Waals surface area contributed by atoms with Crippen LogP contribution >= 0.6 is 0 Å². The first-order chi connectivity index (χ1) is 12.7. The first kappa shape index (κ1) is 18.4. The zero-order valence-electron chi connectivity index (χ0n) is 15.3. The minimum absolute atomic E-state index is 0.138. The van der Waals surface area contributed by atoms with Gasteiger partial charge in [0.25, 0.3) is 0 Å². The molecule has 7 heteroatoms. The van der Waals surface area contributed by atoms with Crippen LogP contribution in [0.2, 0.25) is 0 Å². The Balaban J connectivity index is 1.44. The summed E-state index contributed by atoms with van der Waals surface area (Å²) in [5, 5.41) is 6.56. The van der Waals surface area contributed by atoms with E-state index < -0.39 is 0 Å². The molecule has 2 heterocycles. The molecule has 2 N–H and O–H groups in total. The Kier molecular flexibility index (Phi) is 6.62. The van der Waals surface area contributed by atoms with Crippen molar-refractivity contribution >= 4 is 5.96 Å². The van der Waals surface area contributed by atoms with Crippen LogP contribution in [0.15, 0.2) is 46.0 Å². The van der Waals surface area contributed by atoms with Gasteiger partial charge in [-0.2, -0.15) is 0 Å². The van der Waals surface area contributed by atoms with E-state index in [2.05, 4.69) is 27.5 Å². The summed E-state index contributed by atoms with van der Waals surface area (Å²) < 4.78 is 16.7. The molecule has 0 bridgehead atoms. The summed E-state index contributed by atoms with van der Waals surface area (Å²) in [4.78, 5) is 8.75. The van der Waals surface area contributed by atoms with E-state index >= 15 is 0 Å². The molecule has 0 spiro atoms. The molecular weight excluding hydrogens is 332 g/mol. The SMILES string of the molecule is CN=C(NCc1coc(-c2ccccc2)n1)NC(C)COC1CCOC1. The lowest BCUT2D eigenvalue weighted by Gasteiger charge is -2.19. The van der Waals surface area contributed by atoms with Crippen molar-refractivity contribution in [2.45, 2.75) is 32.0 Å². The number of aliphatic imine (C=N–C) groups is 1. The van der Waals surface area contributed by atoms with Crippen LogP contribution in [0.25, 0.3) is 11.5 Å². The third-order valence-electron chi connectivity index (χ3n) is 4.09. The number of hydrogen-bond acceptors (Lipinski definition) is 5. The van der Waals surface area contributed by atoms with Crippen molar-refractivity contribution in [3.63, 3.8) is 0 Å². The molecule has 140 valence electrons. The fourth-order valence-electron chi connectivity index (χ4n) is 2.67. The van der Waals surface area contributed by atoms with Crippen LogP contribution in [0.3, 0.4) is 0 Å². The Hall–Kier alpha value is -2.38. The monoisotopic (exact) mass is 358 g/mol. The lowest BCUT2D eigenvalue weighted by molar-refractivity contribution is 0.0347. The van der Waals surface area contributed by atoms with Gasteiger partial charge in [-0.1, -0.05) is 18.2 Å². The molecule has 1 aliphatic rings. The number of hydrogen-bond donors (Lipinski definition) is 2. The second-order valence-electron chi connectivity index (χ2n) is 6.30. The summed E-state index contributed by atoms with van der Waals surface area (Å²) in [6.07, 6.45) is 2.84. The van der Waals surface area contributed by atoms with Gasteiger partial charge in [-0.25, -0.2) is 4.98 Å². The van der Waals surface area contributed by atoms with Gasteiger partial charge in [-0.15, -0.1) is 0 Å². The molecule has 1 saturated heterocycles. The summed E-state index contributed by atoms with van der Waals surface area (Å²) in [5.74, 6) is 1.32. The predicted molar refractivity (Wildman–Crippen MR) is 99.9 cm³/mol. The highest BCUT2D eigenvalue weighted by atomic mass is 16.5. The number of nitrogens with zero attached hydrogens (tertiary/aromatic N) is 2. The van der Waals surface area contributed by atoms with Crippen molar-refractivity contribution in [3.05, 3.63) is 42.3 Å². The normalized spacial score (nSPS) is 18.7. The largest absolute Gasteiger partial charge is 0.444 e. The highest BCUT2D eigenvalue weighted by molar-refractivity contribution is 5.79. The molecule has 0 radical (unpaired) electrons. The van der Waals surface area contributed by atoms with E-state index in [0.717, 1.165) is 24.3 Å². The van der Waals surface area contributed by atoms with Crippen LogP contribution in [-0.2, 0) is 16.0 Å². The average Bonchev–Trinajstić information content (AvgIpc) is 3.36. The minimum atomic E-state index is 0.138. The van der Waals surface area contributed by atoms with E-state index in [0.29, 0.717) is 31.6 Å². The van der Waals surface area contributed by atoms with Crippen LogP contribution in [0.5, 0.6) is 0 Å². The summed E-state index contributed by atoms with van der Waals surface area (Å²) in [7, 11) is 1.74. The lowest BCUT2D eigenvalue weighted by Crippen LogP contribution is -2.44. The fraction of sp³-hybridized carbons (Fsp3) is 0.474. The van der Waals surface area contributed by atoms with Crippen molar-refractivity contribution in [1.82, 2.24) is 15.6 Å². The minimum Gasteiger partial charge on any atom is -0.444 e. The van der Waals surface area contributed by atoms with Gasteiger partial charge in [0.2, 0.25) is 5.89 Å². The zero-order chi connectivity index (χ0) is 18.2. The molecule has 1 aliphatic heterocycles. The van der Waals surface area contributed by atoms with E-state index in [1.165, 1.54) is 0 Å².